The smallest absolute Gasteiger partial charge is 0.253 e. The van der Waals surface area contributed by atoms with Gasteiger partial charge in [-0.15, -0.1) is 11.8 Å². The van der Waals surface area contributed by atoms with E-state index in [1.54, 1.807) is 11.8 Å². The maximum absolute atomic E-state index is 13.1. The predicted molar refractivity (Wildman–Crippen MR) is 120 cm³/mol. The zero-order valence-electron chi connectivity index (χ0n) is 16.9. The van der Waals surface area contributed by atoms with Gasteiger partial charge in [0.2, 0.25) is 8.32 Å². The van der Waals surface area contributed by atoms with Crippen LogP contribution in [0.5, 0.6) is 0 Å². The van der Waals surface area contributed by atoms with Crippen LogP contribution < -0.4 is 10.9 Å². The van der Waals surface area contributed by atoms with Crippen molar-refractivity contribution in [3.8, 4) is 0 Å². The molecule has 0 atom stereocenters. The second-order valence-corrected chi connectivity index (χ2v) is 12.6. The lowest BCUT2D eigenvalue weighted by atomic mass is 9.88. The van der Waals surface area contributed by atoms with E-state index < -0.39 is 8.32 Å². The van der Waals surface area contributed by atoms with E-state index in [9.17, 15) is 9.59 Å². The molecule has 0 aromatic heterocycles. The Kier molecular flexibility index (Phi) is 6.65. The number of benzene rings is 2. The lowest BCUT2D eigenvalue weighted by molar-refractivity contribution is 0.0713. The van der Waals surface area contributed by atoms with Gasteiger partial charge >= 0.3 is 0 Å². The molecule has 3 rings (SSSR count). The van der Waals surface area contributed by atoms with Crippen molar-refractivity contribution in [2.45, 2.75) is 43.3 Å². The Morgan fingerprint density at radius 1 is 1.21 bits per heavy atom. The van der Waals surface area contributed by atoms with Crippen molar-refractivity contribution in [2.75, 3.05) is 19.3 Å². The molecule has 6 heteroatoms. The number of hydrogen-bond acceptors (Lipinski definition) is 4. The number of nitrogens with zero attached hydrogens (tertiary/aromatic N) is 1. The largest absolute Gasteiger partial charge is 0.428 e. The van der Waals surface area contributed by atoms with Crippen molar-refractivity contribution in [1.29, 1.82) is 0 Å². The van der Waals surface area contributed by atoms with Gasteiger partial charge < -0.3 is 15.4 Å². The van der Waals surface area contributed by atoms with Gasteiger partial charge in [-0.2, -0.15) is 0 Å². The van der Waals surface area contributed by atoms with Crippen molar-refractivity contribution in [2.24, 2.45) is 5.73 Å². The van der Waals surface area contributed by atoms with E-state index in [0.717, 1.165) is 41.6 Å². The molecule has 2 aromatic carbocycles. The number of likely N-dealkylation sites (tertiary alicyclic amines) is 1. The first-order valence-electron chi connectivity index (χ1n) is 9.82. The van der Waals surface area contributed by atoms with E-state index in [4.69, 9.17) is 5.73 Å². The van der Waals surface area contributed by atoms with Gasteiger partial charge in [0.1, 0.15) is 0 Å². The van der Waals surface area contributed by atoms with Crippen LogP contribution in [0.1, 0.15) is 40.2 Å². The van der Waals surface area contributed by atoms with Crippen LogP contribution >= 0.6 is 11.8 Å². The van der Waals surface area contributed by atoms with Crippen molar-refractivity contribution < 1.29 is 9.59 Å². The van der Waals surface area contributed by atoms with Gasteiger partial charge in [0, 0.05) is 30.1 Å². The number of nitrogens with two attached hydrogens (primary N) is 1. The predicted octanol–water partition coefficient (Wildman–Crippen LogP) is 3.29. The molecule has 0 aliphatic carbocycles. The quantitative estimate of drug-likeness (QED) is 0.582. The summed E-state index contributed by atoms with van der Waals surface area (Å²) in [5.74, 6) is 0.553. The fourth-order valence-corrected chi connectivity index (χ4v) is 5.38. The third-order valence-electron chi connectivity index (χ3n) is 5.54. The standard InChI is InChI=1S/C22H30N2O2SSi/c1-27-20-12-19(13-21(14-20)28(2,3)26)22(25)24-9-7-17(8-10-24)18-6-4-5-16(11-18)15-23/h4-6,11-14,17,26H,7-10,15,23H2,1-3H3. The monoisotopic (exact) mass is 414 g/mol. The summed E-state index contributed by atoms with van der Waals surface area (Å²) in [4.78, 5) is 26.6. The maximum atomic E-state index is 13.1. The Bertz CT molecular complexity index is 843. The molecule has 150 valence electrons. The van der Waals surface area contributed by atoms with E-state index in [1.807, 2.05) is 42.4 Å². The van der Waals surface area contributed by atoms with Crippen LogP contribution in [0.3, 0.4) is 0 Å². The van der Waals surface area contributed by atoms with Crippen LogP contribution in [-0.2, 0) is 6.54 Å². The summed E-state index contributed by atoms with van der Waals surface area (Å²) in [5, 5.41) is 0.913. The van der Waals surface area contributed by atoms with Crippen molar-refractivity contribution in [1.82, 2.24) is 4.90 Å². The lowest BCUT2D eigenvalue weighted by Gasteiger charge is -2.32. The molecule has 0 spiro atoms. The summed E-state index contributed by atoms with van der Waals surface area (Å²) in [7, 11) is -2.47. The lowest BCUT2D eigenvalue weighted by Crippen LogP contribution is -2.43. The van der Waals surface area contributed by atoms with E-state index in [-0.39, 0.29) is 5.91 Å². The van der Waals surface area contributed by atoms with Crippen LogP contribution in [0.4, 0.5) is 0 Å². The Labute approximate surface area is 173 Å². The maximum Gasteiger partial charge on any atom is 0.253 e. The Morgan fingerprint density at radius 3 is 2.54 bits per heavy atom. The highest BCUT2D eigenvalue weighted by Crippen LogP contribution is 2.29. The van der Waals surface area contributed by atoms with Crippen LogP contribution in [0.25, 0.3) is 0 Å². The average molecular weight is 415 g/mol. The normalized spacial score (nSPS) is 15.7. The Hall–Kier alpha value is -1.60. The molecular formula is C22H30N2O2SSi. The number of thioether (sulfide) groups is 1. The van der Waals surface area contributed by atoms with E-state index in [2.05, 4.69) is 24.3 Å². The summed E-state index contributed by atoms with van der Waals surface area (Å²) in [5.41, 5.74) is 8.95. The molecule has 1 heterocycles. The summed E-state index contributed by atoms with van der Waals surface area (Å²) in [6.07, 6.45) is 3.93. The van der Waals surface area contributed by atoms with Gasteiger partial charge in [0.15, 0.2) is 0 Å². The SMILES string of the molecule is CSc1cc(C(=O)N2CCC(c3cccc(CN)c3)CC2)cc([Si](C)(C)O)c1. The number of piperidine rings is 1. The molecule has 1 amide bonds. The molecule has 1 fully saturated rings. The van der Waals surface area contributed by atoms with Gasteiger partial charge in [-0.3, -0.25) is 4.79 Å². The average Bonchev–Trinajstić information content (AvgIpc) is 2.72. The molecule has 3 N–H and O–H groups in total. The van der Waals surface area contributed by atoms with E-state index >= 15 is 0 Å². The molecule has 1 aliphatic heterocycles. The van der Waals surface area contributed by atoms with Crippen molar-refractivity contribution in [3.05, 3.63) is 59.2 Å². The number of carbonyl (C=O) groups excluding carboxylic acids is 1. The minimum Gasteiger partial charge on any atom is -0.428 e. The number of rotatable bonds is 5. The Balaban J connectivity index is 1.73. The first-order chi connectivity index (χ1) is 13.3. The topological polar surface area (TPSA) is 66.6 Å². The minimum absolute atomic E-state index is 0.0737. The fourth-order valence-electron chi connectivity index (χ4n) is 3.77. The summed E-state index contributed by atoms with van der Waals surface area (Å²) < 4.78 is 0. The van der Waals surface area contributed by atoms with Gasteiger partial charge in [0.25, 0.3) is 5.91 Å². The highest BCUT2D eigenvalue weighted by atomic mass is 32.2. The molecule has 1 aliphatic rings. The first kappa shape index (κ1) is 21.1. The zero-order valence-corrected chi connectivity index (χ0v) is 18.8. The summed E-state index contributed by atoms with van der Waals surface area (Å²) in [6.45, 7) is 5.86. The third-order valence-corrected chi connectivity index (χ3v) is 7.94. The fraction of sp³-hybridized carbons (Fsp3) is 0.409. The molecule has 4 nitrogen and oxygen atoms in total. The number of hydrogen-bond donors (Lipinski definition) is 2. The van der Waals surface area contributed by atoms with Crippen LogP contribution in [0.2, 0.25) is 13.1 Å². The summed E-state index contributed by atoms with van der Waals surface area (Å²) >= 11 is 1.61. The van der Waals surface area contributed by atoms with Crippen LogP contribution in [-0.4, -0.2) is 43.3 Å². The van der Waals surface area contributed by atoms with Crippen molar-refractivity contribution >= 4 is 31.2 Å². The van der Waals surface area contributed by atoms with E-state index in [1.165, 1.54) is 5.56 Å². The molecule has 0 radical (unpaired) electrons. The second-order valence-electron chi connectivity index (χ2n) is 8.02. The highest BCUT2D eigenvalue weighted by molar-refractivity contribution is 7.98. The molecule has 28 heavy (non-hydrogen) atoms. The third kappa shape index (κ3) is 4.86. The number of amides is 1. The summed E-state index contributed by atoms with van der Waals surface area (Å²) in [6, 6.07) is 14.4. The van der Waals surface area contributed by atoms with Crippen LogP contribution in [0.15, 0.2) is 47.4 Å². The second kappa shape index (κ2) is 8.82. The van der Waals surface area contributed by atoms with Crippen molar-refractivity contribution in [3.63, 3.8) is 0 Å². The molecule has 2 aromatic rings. The van der Waals surface area contributed by atoms with Gasteiger partial charge in [-0.25, -0.2) is 0 Å². The number of carbonyl (C=O) groups is 1. The van der Waals surface area contributed by atoms with Gasteiger partial charge in [-0.05, 0) is 72.6 Å². The van der Waals surface area contributed by atoms with Gasteiger partial charge in [0.05, 0.1) is 0 Å². The molecule has 1 saturated heterocycles. The molecule has 0 bridgehead atoms. The molecule has 0 saturated carbocycles. The highest BCUT2D eigenvalue weighted by Gasteiger charge is 2.27. The zero-order chi connectivity index (χ0) is 20.3. The Morgan fingerprint density at radius 2 is 1.93 bits per heavy atom. The van der Waals surface area contributed by atoms with E-state index in [0.29, 0.717) is 18.0 Å². The molecular weight excluding hydrogens is 384 g/mol. The first-order valence-corrected chi connectivity index (χ1v) is 14.0. The van der Waals surface area contributed by atoms with Crippen LogP contribution in [0, 0.1) is 0 Å². The molecule has 0 unspecified atom stereocenters. The minimum atomic E-state index is -2.47. The van der Waals surface area contributed by atoms with Gasteiger partial charge in [-0.1, -0.05) is 24.3 Å².